The van der Waals surface area contributed by atoms with Crippen molar-refractivity contribution < 1.29 is 19.4 Å². The number of ether oxygens (including phenoxy) is 1. The molecule has 1 unspecified atom stereocenters. The van der Waals surface area contributed by atoms with Crippen molar-refractivity contribution in [1.29, 1.82) is 0 Å². The summed E-state index contributed by atoms with van der Waals surface area (Å²) in [5.74, 6) is -1.06. The minimum absolute atomic E-state index is 0.0269. The van der Waals surface area contributed by atoms with Gasteiger partial charge in [0.15, 0.2) is 6.04 Å². The summed E-state index contributed by atoms with van der Waals surface area (Å²) in [6, 6.07) is -1.32. The zero-order chi connectivity index (χ0) is 13.8. The van der Waals surface area contributed by atoms with Gasteiger partial charge < -0.3 is 20.1 Å². The molecule has 1 aromatic rings. The highest BCUT2D eigenvalue weighted by Crippen LogP contribution is 2.10. The highest BCUT2D eigenvalue weighted by Gasteiger charge is 2.32. The smallest absolute Gasteiger partial charge is 0.328 e. The number of hydrogen-bond donors (Lipinski definition) is 2. The third kappa shape index (κ3) is 3.42. The number of aryl methyl sites for hydroxylation is 1. The van der Waals surface area contributed by atoms with E-state index in [1.165, 1.54) is 16.2 Å². The first kappa shape index (κ1) is 13.8. The Bertz CT molecular complexity index is 476. The van der Waals surface area contributed by atoms with Gasteiger partial charge in [-0.25, -0.2) is 14.6 Å². The third-order valence-corrected chi connectivity index (χ3v) is 3.70. The molecule has 1 aromatic heterocycles. The van der Waals surface area contributed by atoms with Crippen LogP contribution in [-0.4, -0.2) is 52.8 Å². The molecule has 0 saturated carbocycles. The van der Waals surface area contributed by atoms with Gasteiger partial charge >= 0.3 is 12.0 Å². The first-order valence-corrected chi connectivity index (χ1v) is 6.72. The Morgan fingerprint density at radius 3 is 3.11 bits per heavy atom. The van der Waals surface area contributed by atoms with Crippen molar-refractivity contribution in [3.8, 4) is 0 Å². The first-order chi connectivity index (χ1) is 9.08. The summed E-state index contributed by atoms with van der Waals surface area (Å²) in [5, 5.41) is 14.4. The molecule has 1 saturated heterocycles. The number of nitrogens with one attached hydrogen (secondary N) is 1. The van der Waals surface area contributed by atoms with Crippen LogP contribution in [0.2, 0.25) is 0 Å². The molecule has 19 heavy (non-hydrogen) atoms. The standard InChI is InChI=1S/C11H15N3O4S/c1-7-6-19-9(13-7)4-12-11(17)14-2-3-18-5-8(14)10(15)16/h6,8H,2-5H2,1H3,(H,12,17)(H,15,16). The Morgan fingerprint density at radius 1 is 1.68 bits per heavy atom. The number of carboxylic acids is 1. The number of urea groups is 1. The first-order valence-electron chi connectivity index (χ1n) is 5.84. The molecule has 0 bridgehead atoms. The SMILES string of the molecule is Cc1csc(CNC(=O)N2CCOCC2C(=O)O)n1. The number of carboxylic acid groups (broad SMARTS) is 1. The van der Waals surface area contributed by atoms with Crippen LogP contribution in [0.25, 0.3) is 0 Å². The van der Waals surface area contributed by atoms with E-state index in [1.807, 2.05) is 12.3 Å². The molecule has 0 radical (unpaired) electrons. The van der Waals surface area contributed by atoms with Gasteiger partial charge in [0.1, 0.15) is 5.01 Å². The van der Waals surface area contributed by atoms with Crippen molar-refractivity contribution >= 4 is 23.3 Å². The zero-order valence-electron chi connectivity index (χ0n) is 10.5. The molecule has 2 rings (SSSR count). The summed E-state index contributed by atoms with van der Waals surface area (Å²) in [4.78, 5) is 28.5. The number of thiazole rings is 1. The predicted molar refractivity (Wildman–Crippen MR) is 68.0 cm³/mol. The van der Waals surface area contributed by atoms with Crippen LogP contribution >= 0.6 is 11.3 Å². The van der Waals surface area contributed by atoms with Crippen LogP contribution in [0.5, 0.6) is 0 Å². The van der Waals surface area contributed by atoms with E-state index in [4.69, 9.17) is 9.84 Å². The van der Waals surface area contributed by atoms with Crippen LogP contribution in [0, 0.1) is 6.92 Å². The number of carbonyl (C=O) groups is 2. The monoisotopic (exact) mass is 285 g/mol. The molecular formula is C11H15N3O4S. The van der Waals surface area contributed by atoms with Crippen molar-refractivity contribution in [3.05, 3.63) is 16.1 Å². The molecule has 0 aliphatic carbocycles. The maximum absolute atomic E-state index is 12.0. The van der Waals surface area contributed by atoms with E-state index in [0.717, 1.165) is 10.7 Å². The minimum Gasteiger partial charge on any atom is -0.480 e. The van der Waals surface area contributed by atoms with E-state index in [0.29, 0.717) is 13.2 Å². The van der Waals surface area contributed by atoms with Crippen LogP contribution < -0.4 is 5.32 Å². The summed E-state index contributed by atoms with van der Waals surface area (Å²) in [6.45, 7) is 2.84. The topological polar surface area (TPSA) is 91.8 Å². The Kier molecular flexibility index (Phi) is 4.33. The van der Waals surface area contributed by atoms with Crippen LogP contribution in [0.15, 0.2) is 5.38 Å². The lowest BCUT2D eigenvalue weighted by Crippen LogP contribution is -2.55. The van der Waals surface area contributed by atoms with Crippen LogP contribution in [0.4, 0.5) is 4.79 Å². The number of aliphatic carboxylic acids is 1. The Balaban J connectivity index is 1.92. The molecule has 2 amide bonds. The Labute approximate surface area is 114 Å². The number of rotatable bonds is 3. The van der Waals surface area contributed by atoms with E-state index in [1.54, 1.807) is 0 Å². The van der Waals surface area contributed by atoms with E-state index in [9.17, 15) is 9.59 Å². The summed E-state index contributed by atoms with van der Waals surface area (Å²) in [5.41, 5.74) is 0.907. The van der Waals surface area contributed by atoms with Gasteiger partial charge in [-0.2, -0.15) is 0 Å². The van der Waals surface area contributed by atoms with Gasteiger partial charge in [-0.3, -0.25) is 0 Å². The quantitative estimate of drug-likeness (QED) is 0.841. The van der Waals surface area contributed by atoms with Gasteiger partial charge in [0.05, 0.1) is 19.8 Å². The Morgan fingerprint density at radius 2 is 2.47 bits per heavy atom. The maximum atomic E-state index is 12.0. The molecule has 2 N–H and O–H groups in total. The number of hydrogen-bond acceptors (Lipinski definition) is 5. The molecule has 0 spiro atoms. The number of aromatic nitrogens is 1. The second-order valence-corrected chi connectivity index (χ2v) is 5.11. The second-order valence-electron chi connectivity index (χ2n) is 4.16. The average molecular weight is 285 g/mol. The molecule has 1 fully saturated rings. The van der Waals surface area contributed by atoms with E-state index in [2.05, 4.69) is 10.3 Å². The summed E-state index contributed by atoms with van der Waals surface area (Å²) < 4.78 is 5.08. The molecule has 1 aliphatic heterocycles. The molecule has 0 aromatic carbocycles. The number of amides is 2. The number of nitrogens with zero attached hydrogens (tertiary/aromatic N) is 2. The zero-order valence-corrected chi connectivity index (χ0v) is 11.3. The fourth-order valence-corrected chi connectivity index (χ4v) is 2.50. The number of carbonyl (C=O) groups excluding carboxylic acids is 1. The van der Waals surface area contributed by atoms with Gasteiger partial charge in [-0.05, 0) is 6.92 Å². The minimum atomic E-state index is -1.06. The molecule has 1 aliphatic rings. The van der Waals surface area contributed by atoms with Gasteiger partial charge in [-0.1, -0.05) is 0 Å². The van der Waals surface area contributed by atoms with Crippen molar-refractivity contribution in [2.75, 3.05) is 19.8 Å². The fraction of sp³-hybridized carbons (Fsp3) is 0.545. The third-order valence-electron chi connectivity index (χ3n) is 2.73. The van der Waals surface area contributed by atoms with Gasteiger partial charge in [0, 0.05) is 17.6 Å². The number of morpholine rings is 1. The molecule has 1 atom stereocenters. The van der Waals surface area contributed by atoms with Crippen molar-refractivity contribution in [3.63, 3.8) is 0 Å². The van der Waals surface area contributed by atoms with E-state index < -0.39 is 18.0 Å². The lowest BCUT2D eigenvalue weighted by Gasteiger charge is -2.32. The molecule has 7 nitrogen and oxygen atoms in total. The van der Waals surface area contributed by atoms with E-state index >= 15 is 0 Å². The van der Waals surface area contributed by atoms with Gasteiger partial charge in [0.25, 0.3) is 0 Å². The summed E-state index contributed by atoms with van der Waals surface area (Å²) >= 11 is 1.46. The maximum Gasteiger partial charge on any atom is 0.328 e. The molecule has 104 valence electrons. The highest BCUT2D eigenvalue weighted by atomic mass is 32.1. The molecular weight excluding hydrogens is 270 g/mol. The van der Waals surface area contributed by atoms with E-state index in [-0.39, 0.29) is 13.2 Å². The predicted octanol–water partition coefficient (Wildman–Crippen LogP) is 0.447. The van der Waals surface area contributed by atoms with Crippen LogP contribution in [0.1, 0.15) is 10.7 Å². The second kappa shape index (κ2) is 5.98. The largest absolute Gasteiger partial charge is 0.480 e. The average Bonchev–Trinajstić information content (AvgIpc) is 2.81. The molecule has 2 heterocycles. The summed E-state index contributed by atoms with van der Waals surface area (Å²) in [7, 11) is 0. The van der Waals surface area contributed by atoms with Crippen molar-refractivity contribution in [2.45, 2.75) is 19.5 Å². The normalized spacial score (nSPS) is 19.2. The highest BCUT2D eigenvalue weighted by molar-refractivity contribution is 7.09. The molecule has 8 heteroatoms. The lowest BCUT2D eigenvalue weighted by atomic mass is 10.2. The van der Waals surface area contributed by atoms with Gasteiger partial charge in [-0.15, -0.1) is 11.3 Å². The van der Waals surface area contributed by atoms with Crippen molar-refractivity contribution in [1.82, 2.24) is 15.2 Å². The lowest BCUT2D eigenvalue weighted by molar-refractivity contribution is -0.147. The van der Waals surface area contributed by atoms with Crippen LogP contribution in [-0.2, 0) is 16.1 Å². The summed E-state index contributed by atoms with van der Waals surface area (Å²) in [6.07, 6.45) is 0. The fourth-order valence-electron chi connectivity index (χ4n) is 1.79. The van der Waals surface area contributed by atoms with Crippen molar-refractivity contribution in [2.24, 2.45) is 0 Å². The van der Waals surface area contributed by atoms with Gasteiger partial charge in [0.2, 0.25) is 0 Å². The Hall–Kier alpha value is -1.67. The van der Waals surface area contributed by atoms with Crippen LogP contribution in [0.3, 0.4) is 0 Å².